The SMILES string of the molecule is C=C(C)C(=O)OC.CCC(O)N(C)C. The quantitative estimate of drug-likeness (QED) is 0.422. The minimum absolute atomic E-state index is 0.264. The number of hydrogen-bond acceptors (Lipinski definition) is 4. The van der Waals surface area contributed by atoms with Crippen molar-refractivity contribution in [2.45, 2.75) is 26.5 Å². The summed E-state index contributed by atoms with van der Waals surface area (Å²) < 4.78 is 4.27. The van der Waals surface area contributed by atoms with Crippen LogP contribution in [0.25, 0.3) is 0 Å². The second-order valence-corrected chi connectivity index (χ2v) is 3.12. The van der Waals surface area contributed by atoms with Gasteiger partial charge >= 0.3 is 5.97 Å². The molecule has 0 amide bonds. The Morgan fingerprint density at radius 1 is 1.57 bits per heavy atom. The molecule has 0 aromatic rings. The van der Waals surface area contributed by atoms with Crippen molar-refractivity contribution in [2.24, 2.45) is 0 Å². The normalized spacial score (nSPS) is 11.4. The first-order chi connectivity index (χ1) is 6.36. The Labute approximate surface area is 86.2 Å². The maximum Gasteiger partial charge on any atom is 0.332 e. The molecule has 0 saturated carbocycles. The number of hydrogen-bond donors (Lipinski definition) is 1. The Kier molecular flexibility index (Phi) is 9.71. The molecule has 0 heterocycles. The molecule has 1 unspecified atom stereocenters. The Morgan fingerprint density at radius 3 is 2.00 bits per heavy atom. The van der Waals surface area contributed by atoms with Gasteiger partial charge in [0.05, 0.1) is 7.11 Å². The van der Waals surface area contributed by atoms with Gasteiger partial charge in [-0.1, -0.05) is 13.5 Å². The van der Waals surface area contributed by atoms with Gasteiger partial charge < -0.3 is 9.84 Å². The van der Waals surface area contributed by atoms with Crippen LogP contribution in [0.1, 0.15) is 20.3 Å². The van der Waals surface area contributed by atoms with Crippen LogP contribution in [0.2, 0.25) is 0 Å². The van der Waals surface area contributed by atoms with Gasteiger partial charge in [-0.3, -0.25) is 4.90 Å². The predicted molar refractivity (Wildman–Crippen MR) is 56.8 cm³/mol. The fourth-order valence-corrected chi connectivity index (χ4v) is 0.539. The molecule has 1 N–H and O–H groups in total. The third-order valence-electron chi connectivity index (χ3n) is 1.50. The van der Waals surface area contributed by atoms with E-state index in [9.17, 15) is 4.79 Å². The second-order valence-electron chi connectivity index (χ2n) is 3.12. The zero-order valence-electron chi connectivity index (χ0n) is 9.70. The molecule has 0 rings (SSSR count). The van der Waals surface area contributed by atoms with E-state index < -0.39 is 0 Å². The van der Waals surface area contributed by atoms with E-state index in [-0.39, 0.29) is 12.2 Å². The van der Waals surface area contributed by atoms with E-state index in [0.717, 1.165) is 6.42 Å². The number of aliphatic hydroxyl groups excluding tert-OH is 1. The van der Waals surface area contributed by atoms with Gasteiger partial charge in [-0.25, -0.2) is 4.79 Å². The van der Waals surface area contributed by atoms with Crippen LogP contribution in [0.5, 0.6) is 0 Å². The van der Waals surface area contributed by atoms with Gasteiger partial charge in [-0.2, -0.15) is 0 Å². The number of carbonyl (C=O) groups excluding carboxylic acids is 1. The third kappa shape index (κ3) is 9.22. The minimum atomic E-state index is -0.347. The van der Waals surface area contributed by atoms with E-state index >= 15 is 0 Å². The van der Waals surface area contributed by atoms with Gasteiger partial charge in [0, 0.05) is 5.57 Å². The van der Waals surface area contributed by atoms with Gasteiger partial charge in [0.2, 0.25) is 0 Å². The number of nitrogens with zero attached hydrogens (tertiary/aromatic N) is 1. The summed E-state index contributed by atoms with van der Waals surface area (Å²) >= 11 is 0. The zero-order chi connectivity index (χ0) is 11.7. The molecular formula is C10H21NO3. The molecule has 84 valence electrons. The zero-order valence-corrected chi connectivity index (χ0v) is 9.70. The molecule has 14 heavy (non-hydrogen) atoms. The smallest absolute Gasteiger partial charge is 0.332 e. The predicted octanol–water partition coefficient (Wildman–Crippen LogP) is 1.01. The summed E-state index contributed by atoms with van der Waals surface area (Å²) in [6, 6.07) is 0. The van der Waals surface area contributed by atoms with Gasteiger partial charge in [0.25, 0.3) is 0 Å². The number of esters is 1. The number of methoxy groups -OCH3 is 1. The molecule has 4 heteroatoms. The van der Waals surface area contributed by atoms with Gasteiger partial charge in [-0.15, -0.1) is 0 Å². The highest BCUT2D eigenvalue weighted by Gasteiger charge is 1.99. The standard InChI is InChI=1S/C5H13NO.C5H8O2/c1-4-5(7)6(2)3;1-4(2)5(6)7-3/h5,7H,4H2,1-3H3;1H2,2-3H3. The van der Waals surface area contributed by atoms with Gasteiger partial charge in [0.15, 0.2) is 0 Å². The Morgan fingerprint density at radius 2 is 2.00 bits per heavy atom. The maximum atomic E-state index is 10.2. The summed E-state index contributed by atoms with van der Waals surface area (Å²) in [7, 11) is 5.04. The summed E-state index contributed by atoms with van der Waals surface area (Å²) in [4.78, 5) is 12.0. The van der Waals surface area contributed by atoms with E-state index in [1.54, 1.807) is 11.8 Å². The van der Waals surface area contributed by atoms with E-state index in [1.807, 2.05) is 21.0 Å². The maximum absolute atomic E-state index is 10.2. The van der Waals surface area contributed by atoms with E-state index in [2.05, 4.69) is 11.3 Å². The van der Waals surface area contributed by atoms with Crippen LogP contribution < -0.4 is 0 Å². The molecule has 0 aromatic carbocycles. The molecule has 0 aliphatic heterocycles. The highest BCUT2D eigenvalue weighted by molar-refractivity contribution is 5.86. The average Bonchev–Trinajstić information content (AvgIpc) is 2.15. The molecule has 0 saturated heterocycles. The van der Waals surface area contributed by atoms with Crippen molar-refractivity contribution in [1.82, 2.24) is 4.90 Å². The lowest BCUT2D eigenvalue weighted by molar-refractivity contribution is -0.136. The second kappa shape index (κ2) is 8.72. The highest BCUT2D eigenvalue weighted by atomic mass is 16.5. The van der Waals surface area contributed by atoms with Gasteiger partial charge in [0.1, 0.15) is 6.23 Å². The van der Waals surface area contributed by atoms with Crippen molar-refractivity contribution < 1.29 is 14.6 Å². The first-order valence-corrected chi connectivity index (χ1v) is 4.45. The molecule has 0 bridgehead atoms. The minimum Gasteiger partial charge on any atom is -0.466 e. The van der Waals surface area contributed by atoms with E-state index in [4.69, 9.17) is 5.11 Å². The van der Waals surface area contributed by atoms with E-state index in [1.165, 1.54) is 7.11 Å². The van der Waals surface area contributed by atoms with Crippen LogP contribution in [-0.4, -0.2) is 43.4 Å². The summed E-state index contributed by atoms with van der Waals surface area (Å²) in [6.45, 7) is 6.90. The number of aliphatic hydroxyl groups is 1. The average molecular weight is 203 g/mol. The number of rotatable bonds is 3. The lowest BCUT2D eigenvalue weighted by Crippen LogP contribution is -2.26. The van der Waals surface area contributed by atoms with Crippen molar-refractivity contribution in [1.29, 1.82) is 0 Å². The van der Waals surface area contributed by atoms with Crippen LogP contribution in [0, 0.1) is 0 Å². The molecule has 0 radical (unpaired) electrons. The highest BCUT2D eigenvalue weighted by Crippen LogP contribution is 1.90. The summed E-state index contributed by atoms with van der Waals surface area (Å²) in [5.74, 6) is -0.347. The topological polar surface area (TPSA) is 49.8 Å². The van der Waals surface area contributed by atoms with Crippen LogP contribution in [0.4, 0.5) is 0 Å². The number of carbonyl (C=O) groups is 1. The summed E-state index contributed by atoms with van der Waals surface area (Å²) in [5.41, 5.74) is 0.433. The van der Waals surface area contributed by atoms with Crippen molar-refractivity contribution in [3.05, 3.63) is 12.2 Å². The fourth-order valence-electron chi connectivity index (χ4n) is 0.539. The van der Waals surface area contributed by atoms with Gasteiger partial charge in [-0.05, 0) is 27.4 Å². The monoisotopic (exact) mass is 203 g/mol. The molecular weight excluding hydrogens is 182 g/mol. The molecule has 0 aromatic heterocycles. The number of ether oxygens (including phenoxy) is 1. The van der Waals surface area contributed by atoms with Crippen LogP contribution >= 0.6 is 0 Å². The Balaban J connectivity index is 0. The first kappa shape index (κ1) is 15.6. The first-order valence-electron chi connectivity index (χ1n) is 4.45. The van der Waals surface area contributed by atoms with Crippen molar-refractivity contribution in [3.63, 3.8) is 0 Å². The lowest BCUT2D eigenvalue weighted by atomic mass is 10.4. The molecule has 0 spiro atoms. The third-order valence-corrected chi connectivity index (χ3v) is 1.50. The molecule has 0 aliphatic rings. The molecule has 1 atom stereocenters. The van der Waals surface area contributed by atoms with Crippen LogP contribution in [0.3, 0.4) is 0 Å². The lowest BCUT2D eigenvalue weighted by Gasteiger charge is -2.15. The van der Waals surface area contributed by atoms with Crippen molar-refractivity contribution in [3.8, 4) is 0 Å². The Bertz CT molecular complexity index is 178. The summed E-state index contributed by atoms with van der Waals surface area (Å²) in [6.07, 6.45) is 0.535. The molecule has 4 nitrogen and oxygen atoms in total. The largest absolute Gasteiger partial charge is 0.466 e. The van der Waals surface area contributed by atoms with Crippen LogP contribution in [0.15, 0.2) is 12.2 Å². The van der Waals surface area contributed by atoms with E-state index in [0.29, 0.717) is 5.57 Å². The van der Waals surface area contributed by atoms with Crippen molar-refractivity contribution in [2.75, 3.05) is 21.2 Å². The van der Waals surface area contributed by atoms with Crippen LogP contribution in [-0.2, 0) is 9.53 Å². The molecule has 0 fully saturated rings. The van der Waals surface area contributed by atoms with Crippen molar-refractivity contribution >= 4 is 5.97 Å². The summed E-state index contributed by atoms with van der Waals surface area (Å²) in [5, 5.41) is 8.86. The Hall–Kier alpha value is -0.870. The fraction of sp³-hybridized carbons (Fsp3) is 0.700. The molecule has 0 aliphatic carbocycles.